The Morgan fingerprint density at radius 3 is 2.39 bits per heavy atom. The van der Waals surface area contributed by atoms with Crippen LogP contribution in [0.4, 0.5) is 4.39 Å². The van der Waals surface area contributed by atoms with E-state index in [0.717, 1.165) is 11.1 Å². The predicted molar refractivity (Wildman–Crippen MR) is 115 cm³/mol. The molecule has 0 unspecified atom stereocenters. The lowest BCUT2D eigenvalue weighted by Gasteiger charge is -2.13. The quantitative estimate of drug-likeness (QED) is 0.319. The summed E-state index contributed by atoms with van der Waals surface area (Å²) in [5.41, 5.74) is 2.43. The Labute approximate surface area is 177 Å². The predicted octanol–water partition coefficient (Wildman–Crippen LogP) is 5.18. The lowest BCUT2D eigenvalue weighted by molar-refractivity contribution is 0.0922. The minimum absolute atomic E-state index is 0.245. The van der Waals surface area contributed by atoms with Crippen LogP contribution in [0, 0.1) is 12.7 Å². The summed E-state index contributed by atoms with van der Waals surface area (Å²) in [4.78, 5) is 24.7. The van der Waals surface area contributed by atoms with Crippen LogP contribution in [0.2, 0.25) is 0 Å². The molecule has 6 heteroatoms. The van der Waals surface area contributed by atoms with E-state index in [-0.39, 0.29) is 12.4 Å². The zero-order valence-electron chi connectivity index (χ0n) is 17.0. The van der Waals surface area contributed by atoms with Gasteiger partial charge in [0.05, 0.1) is 12.5 Å². The van der Waals surface area contributed by atoms with Gasteiger partial charge in [-0.1, -0.05) is 12.1 Å². The van der Waals surface area contributed by atoms with Crippen LogP contribution in [0.25, 0.3) is 22.1 Å². The Hall–Kier alpha value is -3.93. The molecule has 0 amide bonds. The summed E-state index contributed by atoms with van der Waals surface area (Å²) in [6.07, 6.45) is 0. The molecule has 0 N–H and O–H groups in total. The zero-order chi connectivity index (χ0) is 22.0. The molecule has 3 aromatic carbocycles. The number of ether oxygens (including phenoxy) is 2. The molecule has 0 aliphatic heterocycles. The minimum Gasteiger partial charge on any atom is -0.497 e. The van der Waals surface area contributed by atoms with E-state index < -0.39 is 11.4 Å². The summed E-state index contributed by atoms with van der Waals surface area (Å²) in [5.74, 6) is 0.396. The lowest BCUT2D eigenvalue weighted by atomic mass is 10.00. The van der Waals surface area contributed by atoms with Crippen molar-refractivity contribution in [1.82, 2.24) is 0 Å². The van der Waals surface area contributed by atoms with Gasteiger partial charge in [0.15, 0.2) is 12.4 Å². The average molecular weight is 418 g/mol. The number of rotatable bonds is 6. The summed E-state index contributed by atoms with van der Waals surface area (Å²) < 4.78 is 29.6. The highest BCUT2D eigenvalue weighted by atomic mass is 19.1. The maximum absolute atomic E-state index is 13.1. The molecule has 0 radical (unpaired) electrons. The van der Waals surface area contributed by atoms with Crippen molar-refractivity contribution < 1.29 is 23.1 Å². The van der Waals surface area contributed by atoms with Crippen molar-refractivity contribution in [1.29, 1.82) is 0 Å². The number of carbonyl (C=O) groups excluding carboxylic acids is 1. The number of hydrogen-bond acceptors (Lipinski definition) is 5. The van der Waals surface area contributed by atoms with Crippen molar-refractivity contribution in [2.24, 2.45) is 0 Å². The third-order valence-corrected chi connectivity index (χ3v) is 4.88. The number of Topliss-reactive ketones (excluding diaryl/α,β-unsaturated/α-hetero) is 1. The van der Waals surface area contributed by atoms with Crippen LogP contribution < -0.4 is 15.1 Å². The number of carbonyl (C=O) groups is 1. The van der Waals surface area contributed by atoms with E-state index in [4.69, 9.17) is 13.9 Å². The Bertz CT molecular complexity index is 1310. The number of benzene rings is 3. The molecule has 0 aliphatic carbocycles. The largest absolute Gasteiger partial charge is 0.497 e. The van der Waals surface area contributed by atoms with Gasteiger partial charge in [-0.2, -0.15) is 0 Å². The van der Waals surface area contributed by atoms with Gasteiger partial charge >= 0.3 is 5.63 Å². The van der Waals surface area contributed by atoms with Crippen LogP contribution in [0.5, 0.6) is 11.5 Å². The smallest absolute Gasteiger partial charge is 0.336 e. The van der Waals surface area contributed by atoms with E-state index >= 15 is 0 Å². The molecule has 1 aromatic heterocycles. The van der Waals surface area contributed by atoms with Gasteiger partial charge in [0, 0.05) is 17.2 Å². The number of halogens is 1. The molecule has 0 saturated carbocycles. The van der Waals surface area contributed by atoms with Crippen molar-refractivity contribution in [3.05, 3.63) is 94.1 Å². The maximum atomic E-state index is 13.1. The van der Waals surface area contributed by atoms with Gasteiger partial charge in [-0.05, 0) is 66.6 Å². The molecule has 0 spiro atoms. The first-order chi connectivity index (χ1) is 14.9. The van der Waals surface area contributed by atoms with Gasteiger partial charge in [0.25, 0.3) is 0 Å². The highest BCUT2D eigenvalue weighted by Gasteiger charge is 2.16. The van der Waals surface area contributed by atoms with Gasteiger partial charge in [0.1, 0.15) is 22.9 Å². The first-order valence-corrected chi connectivity index (χ1v) is 9.59. The van der Waals surface area contributed by atoms with Crippen molar-refractivity contribution in [2.45, 2.75) is 6.92 Å². The minimum atomic E-state index is -0.489. The van der Waals surface area contributed by atoms with E-state index in [2.05, 4.69) is 0 Å². The Balaban J connectivity index is 1.76. The molecule has 4 rings (SSSR count). The fraction of sp³-hybridized carbons (Fsp3) is 0.120. The van der Waals surface area contributed by atoms with Crippen molar-refractivity contribution >= 4 is 16.8 Å². The van der Waals surface area contributed by atoms with Gasteiger partial charge in [-0.25, -0.2) is 9.18 Å². The number of fused-ring (bicyclic) bond motifs is 1. The van der Waals surface area contributed by atoms with Crippen molar-refractivity contribution in [3.63, 3.8) is 0 Å². The molecule has 31 heavy (non-hydrogen) atoms. The third kappa shape index (κ3) is 4.33. The second-order valence-corrected chi connectivity index (χ2v) is 7.06. The number of methoxy groups -OCH3 is 1. The highest BCUT2D eigenvalue weighted by molar-refractivity contribution is 6.00. The Kier molecular flexibility index (Phi) is 5.54. The van der Waals surface area contributed by atoms with Gasteiger partial charge in [0.2, 0.25) is 0 Å². The number of ketones is 1. The average Bonchev–Trinajstić information content (AvgIpc) is 2.77. The molecule has 1 heterocycles. The SMILES string of the molecule is COc1ccc(-c2cc(=O)oc3cc(C)cc(OCC(=O)c4ccc(F)cc4)c23)cc1. The first-order valence-electron chi connectivity index (χ1n) is 9.59. The second kappa shape index (κ2) is 8.44. The molecule has 156 valence electrons. The molecule has 0 saturated heterocycles. The van der Waals surface area contributed by atoms with Gasteiger partial charge in [-0.3, -0.25) is 4.79 Å². The van der Waals surface area contributed by atoms with E-state index in [9.17, 15) is 14.0 Å². The van der Waals surface area contributed by atoms with Crippen LogP contribution in [-0.4, -0.2) is 19.5 Å². The Morgan fingerprint density at radius 1 is 1.00 bits per heavy atom. The first kappa shape index (κ1) is 20.3. The molecular formula is C25H19FO5. The van der Waals surface area contributed by atoms with Crippen LogP contribution in [0.3, 0.4) is 0 Å². The Morgan fingerprint density at radius 2 is 1.71 bits per heavy atom. The maximum Gasteiger partial charge on any atom is 0.336 e. The number of aryl methyl sites for hydroxylation is 1. The van der Waals surface area contributed by atoms with Gasteiger partial charge < -0.3 is 13.9 Å². The monoisotopic (exact) mass is 418 g/mol. The molecule has 4 aromatic rings. The molecule has 0 bridgehead atoms. The lowest BCUT2D eigenvalue weighted by Crippen LogP contribution is -2.12. The normalized spacial score (nSPS) is 10.8. The molecule has 5 nitrogen and oxygen atoms in total. The van der Waals surface area contributed by atoms with Crippen LogP contribution in [0.1, 0.15) is 15.9 Å². The molecular weight excluding hydrogens is 399 g/mol. The van der Waals surface area contributed by atoms with Crippen LogP contribution >= 0.6 is 0 Å². The summed E-state index contributed by atoms with van der Waals surface area (Å²) in [6, 6.07) is 17.5. The summed E-state index contributed by atoms with van der Waals surface area (Å²) in [5, 5.41) is 0.585. The van der Waals surface area contributed by atoms with Crippen molar-refractivity contribution in [2.75, 3.05) is 13.7 Å². The van der Waals surface area contributed by atoms with E-state index in [1.54, 1.807) is 31.4 Å². The van der Waals surface area contributed by atoms with Gasteiger partial charge in [-0.15, -0.1) is 0 Å². The third-order valence-electron chi connectivity index (χ3n) is 4.88. The fourth-order valence-corrected chi connectivity index (χ4v) is 3.37. The molecule has 0 aliphatic rings. The molecule has 0 fully saturated rings. The van der Waals surface area contributed by atoms with E-state index in [1.807, 2.05) is 19.1 Å². The molecule has 0 atom stereocenters. The summed E-state index contributed by atoms with van der Waals surface area (Å²) in [7, 11) is 1.58. The van der Waals surface area contributed by atoms with Crippen LogP contribution in [0.15, 0.2) is 75.9 Å². The standard InChI is InChI=1S/C25H19FO5/c1-15-11-22(30-14-21(27)17-3-7-18(26)8-4-17)25-20(13-24(28)31-23(25)12-15)16-5-9-19(29-2)10-6-16/h3-13H,14H2,1-2H3. The zero-order valence-corrected chi connectivity index (χ0v) is 17.0. The van der Waals surface area contributed by atoms with E-state index in [0.29, 0.717) is 33.6 Å². The highest BCUT2D eigenvalue weighted by Crippen LogP contribution is 2.36. The second-order valence-electron chi connectivity index (χ2n) is 7.06. The summed E-state index contributed by atoms with van der Waals surface area (Å²) >= 11 is 0. The van der Waals surface area contributed by atoms with Crippen LogP contribution in [-0.2, 0) is 0 Å². The van der Waals surface area contributed by atoms with Crippen molar-refractivity contribution in [3.8, 4) is 22.6 Å². The topological polar surface area (TPSA) is 65.7 Å². The fourth-order valence-electron chi connectivity index (χ4n) is 3.37. The summed E-state index contributed by atoms with van der Waals surface area (Å²) in [6.45, 7) is 1.60. The van der Waals surface area contributed by atoms with E-state index in [1.165, 1.54) is 30.3 Å². The number of hydrogen-bond donors (Lipinski definition) is 0.